The molecule has 4 aromatic rings. The second-order valence-corrected chi connectivity index (χ2v) is 16.9. The molecule has 0 N–H and O–H groups in total. The topological polar surface area (TPSA) is 38.7 Å². The van der Waals surface area contributed by atoms with Crippen LogP contribution in [-0.2, 0) is 19.6 Å². The van der Waals surface area contributed by atoms with E-state index in [2.05, 4.69) is 133 Å². The molecule has 0 saturated carbocycles. The molecule has 0 bridgehead atoms. The Hall–Kier alpha value is -2.40. The number of benzene rings is 3. The molecule has 0 aliphatic rings. The number of thioether (sulfide) groups is 3. The first-order valence-electron chi connectivity index (χ1n) is 19.2. The van der Waals surface area contributed by atoms with Gasteiger partial charge in [-0.2, -0.15) is 15.0 Å². The molecule has 6 nitrogen and oxygen atoms in total. The number of quaternary nitrogens is 3. The first kappa shape index (κ1) is 41.4. The fourth-order valence-corrected chi connectivity index (χ4v) is 10.0. The normalized spacial score (nSPS) is 12.4. The molecule has 276 valence electrons. The first-order chi connectivity index (χ1) is 24.8. The van der Waals surface area contributed by atoms with Crippen LogP contribution < -0.4 is 0 Å². The zero-order valence-corrected chi connectivity index (χ0v) is 34.6. The first-order valence-corrected chi connectivity index (χ1v) is 22.1. The molecule has 0 radical (unpaired) electrons. The van der Waals surface area contributed by atoms with Crippen LogP contribution in [0.4, 0.5) is 0 Å². The van der Waals surface area contributed by atoms with Gasteiger partial charge in [-0.3, -0.25) is 0 Å². The van der Waals surface area contributed by atoms with Gasteiger partial charge in [0.2, 0.25) is 0 Å². The maximum Gasteiger partial charge on any atom is 0.192 e. The monoisotopic (exact) mass is 747 g/mol. The summed E-state index contributed by atoms with van der Waals surface area (Å²) in [6, 6.07) is 32.8. The van der Waals surface area contributed by atoms with Gasteiger partial charge in [0.1, 0.15) is 19.6 Å². The minimum absolute atomic E-state index is 0.868. The van der Waals surface area contributed by atoms with Crippen LogP contribution in [0.15, 0.2) is 106 Å². The van der Waals surface area contributed by atoms with Crippen LogP contribution in [0.5, 0.6) is 0 Å². The van der Waals surface area contributed by atoms with Crippen LogP contribution in [0.25, 0.3) is 0 Å². The second-order valence-electron chi connectivity index (χ2n) is 13.8. The molecular weight excluding hydrogens is 685 g/mol. The highest BCUT2D eigenvalue weighted by Gasteiger charge is 2.27. The summed E-state index contributed by atoms with van der Waals surface area (Å²) in [7, 11) is 0. The van der Waals surface area contributed by atoms with Crippen LogP contribution in [-0.4, -0.2) is 105 Å². The van der Waals surface area contributed by atoms with Crippen molar-refractivity contribution in [2.75, 3.05) is 76.2 Å². The van der Waals surface area contributed by atoms with Gasteiger partial charge >= 0.3 is 0 Å². The molecule has 1 heterocycles. The van der Waals surface area contributed by atoms with Gasteiger partial charge in [-0.1, -0.05) is 126 Å². The van der Waals surface area contributed by atoms with Crippen molar-refractivity contribution in [3.05, 3.63) is 108 Å². The Balaban J connectivity index is 1.47. The van der Waals surface area contributed by atoms with Crippen molar-refractivity contribution in [2.24, 2.45) is 0 Å². The van der Waals surface area contributed by atoms with Crippen molar-refractivity contribution in [1.29, 1.82) is 0 Å². The van der Waals surface area contributed by atoms with Crippen molar-refractivity contribution < 1.29 is 13.4 Å². The van der Waals surface area contributed by atoms with Gasteiger partial charge in [-0.25, -0.2) is 0 Å². The van der Waals surface area contributed by atoms with Crippen LogP contribution in [0.2, 0.25) is 0 Å². The van der Waals surface area contributed by atoms with Gasteiger partial charge in [0.15, 0.2) is 15.5 Å². The Bertz CT molecular complexity index is 1330. The third-order valence-electron chi connectivity index (χ3n) is 11.1. The molecule has 0 fully saturated rings. The molecule has 0 aliphatic carbocycles. The second kappa shape index (κ2) is 21.3. The summed E-state index contributed by atoms with van der Waals surface area (Å²) in [5, 5.41) is 2.60. The van der Waals surface area contributed by atoms with Gasteiger partial charge in [0.25, 0.3) is 0 Å². The van der Waals surface area contributed by atoms with Crippen molar-refractivity contribution in [3.8, 4) is 0 Å². The van der Waals surface area contributed by atoms with Crippen molar-refractivity contribution in [1.82, 2.24) is 15.0 Å². The minimum Gasteiger partial charge on any atom is -0.320 e. The van der Waals surface area contributed by atoms with Gasteiger partial charge < -0.3 is 13.4 Å². The summed E-state index contributed by atoms with van der Waals surface area (Å²) in [6.07, 6.45) is 0. The van der Waals surface area contributed by atoms with Crippen molar-refractivity contribution >= 4 is 35.3 Å². The maximum absolute atomic E-state index is 5.06. The highest BCUT2D eigenvalue weighted by molar-refractivity contribution is 8.00. The lowest BCUT2D eigenvalue weighted by Crippen LogP contribution is -2.48. The van der Waals surface area contributed by atoms with E-state index in [0.717, 1.165) is 125 Å². The largest absolute Gasteiger partial charge is 0.320 e. The van der Waals surface area contributed by atoms with E-state index < -0.39 is 0 Å². The van der Waals surface area contributed by atoms with E-state index in [9.17, 15) is 0 Å². The zero-order chi connectivity index (χ0) is 36.4. The molecule has 0 spiro atoms. The number of rotatable bonds is 24. The molecule has 0 unspecified atom stereocenters. The molecule has 4 rings (SSSR count). The number of hydrogen-bond donors (Lipinski definition) is 0. The summed E-state index contributed by atoms with van der Waals surface area (Å²) in [5.41, 5.74) is 4.22. The summed E-state index contributed by atoms with van der Waals surface area (Å²) >= 11 is 5.41. The third-order valence-corrected chi connectivity index (χ3v) is 13.6. The molecule has 9 heteroatoms. The number of hydrogen-bond acceptors (Lipinski definition) is 6. The van der Waals surface area contributed by atoms with E-state index in [1.165, 1.54) is 16.7 Å². The van der Waals surface area contributed by atoms with E-state index in [1.807, 2.05) is 0 Å². The van der Waals surface area contributed by atoms with E-state index in [4.69, 9.17) is 15.0 Å². The average Bonchev–Trinajstić information content (AvgIpc) is 3.18. The maximum atomic E-state index is 5.06. The Morgan fingerprint density at radius 3 is 0.824 bits per heavy atom. The Morgan fingerprint density at radius 1 is 0.373 bits per heavy atom. The molecule has 0 atom stereocenters. The molecule has 0 amide bonds. The highest BCUT2D eigenvalue weighted by Crippen LogP contribution is 2.27. The Kier molecular flexibility index (Phi) is 17.3. The lowest BCUT2D eigenvalue weighted by Gasteiger charge is -2.37. The van der Waals surface area contributed by atoms with Crippen molar-refractivity contribution in [3.63, 3.8) is 0 Å². The Morgan fingerprint density at radius 2 is 0.608 bits per heavy atom. The summed E-state index contributed by atoms with van der Waals surface area (Å²) in [6.45, 7) is 27.1. The van der Waals surface area contributed by atoms with Gasteiger partial charge in [-0.05, 0) is 41.5 Å². The van der Waals surface area contributed by atoms with E-state index >= 15 is 0 Å². The molecule has 0 saturated heterocycles. The van der Waals surface area contributed by atoms with Gasteiger partial charge in [-0.15, -0.1) is 0 Å². The summed E-state index contributed by atoms with van der Waals surface area (Å²) in [4.78, 5) is 15.2. The smallest absolute Gasteiger partial charge is 0.192 e. The van der Waals surface area contributed by atoms with Crippen LogP contribution in [0, 0.1) is 0 Å². The fraction of sp³-hybridized carbons (Fsp3) is 0.500. The highest BCUT2D eigenvalue weighted by atomic mass is 32.2. The SMILES string of the molecule is CC[N+](CC)(CCSc1nc(SCC[N+](CC)(CC)Cc2ccccc2)nc(SCC[N+](CC)(CC)Cc2ccccc2)n1)Cc1ccccc1. The van der Waals surface area contributed by atoms with Crippen LogP contribution in [0.3, 0.4) is 0 Å². The standard InChI is InChI=1S/C42H63N6S3/c1-7-46(8-2,34-37-22-16-13-17-23-37)28-31-49-40-43-41(50-32-29-47(9-3,10-4)35-38-24-18-14-19-25-38)45-42(44-40)51-33-30-48(11-5,12-6)36-39-26-20-15-21-27-39/h13-27H,7-12,28-36H2,1-6H3/q+3. The minimum atomic E-state index is 0.868. The zero-order valence-electron chi connectivity index (χ0n) is 32.2. The molecular formula is C42H63N6S3+3. The average molecular weight is 748 g/mol. The van der Waals surface area contributed by atoms with Crippen LogP contribution >= 0.6 is 35.3 Å². The van der Waals surface area contributed by atoms with E-state index in [1.54, 1.807) is 35.3 Å². The Labute approximate surface area is 322 Å². The predicted octanol–water partition coefficient (Wildman–Crippen LogP) is 9.32. The molecule has 0 aliphatic heterocycles. The fourth-order valence-electron chi connectivity index (χ4n) is 6.95. The molecule has 3 aromatic carbocycles. The lowest BCUT2D eigenvalue weighted by atomic mass is 10.2. The molecule has 1 aromatic heterocycles. The third kappa shape index (κ3) is 12.9. The summed E-state index contributed by atoms with van der Waals surface area (Å²) in [5.74, 6) is 2.95. The van der Waals surface area contributed by atoms with E-state index in [0.29, 0.717) is 0 Å². The predicted molar refractivity (Wildman–Crippen MR) is 221 cm³/mol. The quantitative estimate of drug-likeness (QED) is 0.0526. The van der Waals surface area contributed by atoms with Crippen molar-refractivity contribution in [2.45, 2.75) is 76.6 Å². The number of aromatic nitrogens is 3. The van der Waals surface area contributed by atoms with Gasteiger partial charge in [0.05, 0.1) is 76.2 Å². The summed E-state index contributed by atoms with van der Waals surface area (Å²) < 4.78 is 3.20. The number of nitrogens with zero attached hydrogens (tertiary/aromatic N) is 6. The molecule has 51 heavy (non-hydrogen) atoms. The lowest BCUT2D eigenvalue weighted by molar-refractivity contribution is -0.935. The van der Waals surface area contributed by atoms with Crippen LogP contribution in [0.1, 0.15) is 58.2 Å². The van der Waals surface area contributed by atoms with Gasteiger partial charge in [0, 0.05) is 16.7 Å². The van der Waals surface area contributed by atoms with E-state index in [-0.39, 0.29) is 0 Å².